The highest BCUT2D eigenvalue weighted by molar-refractivity contribution is 5.94. The fourth-order valence-corrected chi connectivity index (χ4v) is 3.12. The molecule has 2 heterocycles. The van der Waals surface area contributed by atoms with E-state index in [0.717, 1.165) is 4.57 Å². The molecular weight excluding hydrogens is 352 g/mol. The van der Waals surface area contributed by atoms with Crippen LogP contribution < -0.4 is 16.0 Å². The predicted octanol–water partition coefficient (Wildman–Crippen LogP) is 1.50. The zero-order chi connectivity index (χ0) is 19.1. The van der Waals surface area contributed by atoms with E-state index in [-0.39, 0.29) is 11.3 Å². The summed E-state index contributed by atoms with van der Waals surface area (Å²) in [7, 11) is 1.47. The molecule has 0 unspecified atom stereocenters. The largest absolute Gasteiger partial charge is 0.497 e. The molecule has 1 aliphatic heterocycles. The SMILES string of the molecule is COc1cccc(-n2c(O)c([C@@H]3OC(=O)c4ccccc43)c(=O)[nH]c2=O)c1. The lowest BCUT2D eigenvalue weighted by atomic mass is 10.0. The highest BCUT2D eigenvalue weighted by atomic mass is 16.5. The predicted molar refractivity (Wildman–Crippen MR) is 94.6 cm³/mol. The van der Waals surface area contributed by atoms with Gasteiger partial charge < -0.3 is 14.6 Å². The van der Waals surface area contributed by atoms with Crippen molar-refractivity contribution in [3.8, 4) is 17.3 Å². The number of H-pyrrole nitrogens is 1. The van der Waals surface area contributed by atoms with E-state index in [1.54, 1.807) is 42.5 Å². The van der Waals surface area contributed by atoms with Gasteiger partial charge in [-0.25, -0.2) is 14.2 Å². The lowest BCUT2D eigenvalue weighted by Gasteiger charge is -2.16. The molecule has 2 N–H and O–H groups in total. The molecule has 1 aromatic heterocycles. The Morgan fingerprint density at radius 1 is 1.11 bits per heavy atom. The number of nitrogens with zero attached hydrogens (tertiary/aromatic N) is 1. The van der Waals surface area contributed by atoms with Gasteiger partial charge in [0.1, 0.15) is 11.3 Å². The molecule has 0 fully saturated rings. The molecule has 0 amide bonds. The van der Waals surface area contributed by atoms with E-state index < -0.39 is 29.2 Å². The number of esters is 1. The van der Waals surface area contributed by atoms with Crippen molar-refractivity contribution in [3.63, 3.8) is 0 Å². The van der Waals surface area contributed by atoms with Crippen LogP contribution in [0.4, 0.5) is 0 Å². The Bertz CT molecular complexity index is 1180. The number of fused-ring (bicyclic) bond motifs is 1. The average Bonchev–Trinajstić information content (AvgIpc) is 2.98. The van der Waals surface area contributed by atoms with Gasteiger partial charge in [0.25, 0.3) is 5.56 Å². The Morgan fingerprint density at radius 2 is 1.89 bits per heavy atom. The number of carbonyl (C=O) groups is 1. The standard InChI is InChI=1S/C19H14N2O6/c1-26-11-6-4-5-10(9-11)21-17(23)14(16(22)20-19(21)25)15-12-7-2-3-8-13(12)18(24)27-15/h2-9,15,23H,1H3,(H,20,22,25)/t15-/m1/s1. The summed E-state index contributed by atoms with van der Waals surface area (Å²) < 4.78 is 11.4. The number of cyclic esters (lactones) is 1. The molecule has 2 aromatic carbocycles. The first-order valence-corrected chi connectivity index (χ1v) is 8.04. The average molecular weight is 366 g/mol. The number of ether oxygens (including phenoxy) is 2. The monoisotopic (exact) mass is 366 g/mol. The first-order valence-electron chi connectivity index (χ1n) is 8.04. The van der Waals surface area contributed by atoms with E-state index in [0.29, 0.717) is 16.9 Å². The summed E-state index contributed by atoms with van der Waals surface area (Å²) in [6.45, 7) is 0. The fraction of sp³-hybridized carbons (Fsp3) is 0.105. The van der Waals surface area contributed by atoms with Gasteiger partial charge in [-0.1, -0.05) is 24.3 Å². The normalized spacial score (nSPS) is 15.3. The Balaban J connectivity index is 1.95. The van der Waals surface area contributed by atoms with Crippen molar-refractivity contribution in [1.29, 1.82) is 0 Å². The molecule has 8 nitrogen and oxygen atoms in total. The molecule has 136 valence electrons. The number of hydrogen-bond donors (Lipinski definition) is 2. The van der Waals surface area contributed by atoms with Crippen LogP contribution in [0.5, 0.6) is 11.6 Å². The van der Waals surface area contributed by atoms with Crippen LogP contribution in [0.3, 0.4) is 0 Å². The Kier molecular flexibility index (Phi) is 3.80. The summed E-state index contributed by atoms with van der Waals surface area (Å²) in [6, 6.07) is 13.0. The van der Waals surface area contributed by atoms with Crippen molar-refractivity contribution in [1.82, 2.24) is 9.55 Å². The molecular formula is C19H14N2O6. The second-order valence-electron chi connectivity index (χ2n) is 5.91. The number of methoxy groups -OCH3 is 1. The van der Waals surface area contributed by atoms with E-state index in [2.05, 4.69) is 4.98 Å². The maximum absolute atomic E-state index is 12.4. The van der Waals surface area contributed by atoms with E-state index >= 15 is 0 Å². The van der Waals surface area contributed by atoms with Gasteiger partial charge in [0.2, 0.25) is 5.88 Å². The van der Waals surface area contributed by atoms with Crippen LogP contribution in [-0.4, -0.2) is 27.7 Å². The zero-order valence-corrected chi connectivity index (χ0v) is 14.1. The summed E-state index contributed by atoms with van der Waals surface area (Å²) in [5.41, 5.74) is -0.847. The van der Waals surface area contributed by atoms with E-state index in [1.165, 1.54) is 13.2 Å². The zero-order valence-electron chi connectivity index (χ0n) is 14.1. The molecule has 0 bridgehead atoms. The van der Waals surface area contributed by atoms with Crippen LogP contribution in [-0.2, 0) is 4.74 Å². The van der Waals surface area contributed by atoms with Crippen LogP contribution in [0.15, 0.2) is 58.1 Å². The van der Waals surface area contributed by atoms with Gasteiger partial charge in [-0.2, -0.15) is 0 Å². The number of nitrogens with one attached hydrogen (secondary N) is 1. The molecule has 0 aliphatic carbocycles. The van der Waals surface area contributed by atoms with Crippen LogP contribution in [0, 0.1) is 0 Å². The Hall–Kier alpha value is -3.81. The molecule has 4 rings (SSSR count). The fourth-order valence-electron chi connectivity index (χ4n) is 3.12. The number of aromatic amines is 1. The van der Waals surface area contributed by atoms with E-state index in [4.69, 9.17) is 9.47 Å². The third-order valence-electron chi connectivity index (χ3n) is 4.38. The topological polar surface area (TPSA) is 111 Å². The summed E-state index contributed by atoms with van der Waals surface area (Å²) in [4.78, 5) is 39.0. The first kappa shape index (κ1) is 16.6. The van der Waals surface area contributed by atoms with Crippen molar-refractivity contribution in [2.45, 2.75) is 6.10 Å². The third-order valence-corrected chi connectivity index (χ3v) is 4.38. The van der Waals surface area contributed by atoms with Gasteiger partial charge in [-0.05, 0) is 18.2 Å². The maximum atomic E-state index is 12.4. The first-order chi connectivity index (χ1) is 13.0. The number of rotatable bonds is 3. The van der Waals surface area contributed by atoms with Crippen LogP contribution >= 0.6 is 0 Å². The summed E-state index contributed by atoms with van der Waals surface area (Å²) in [6.07, 6.45) is -1.12. The van der Waals surface area contributed by atoms with Gasteiger partial charge in [-0.15, -0.1) is 0 Å². The molecule has 0 radical (unpaired) electrons. The van der Waals surface area contributed by atoms with E-state index in [9.17, 15) is 19.5 Å². The number of aromatic hydroxyl groups is 1. The van der Waals surface area contributed by atoms with Crippen molar-refractivity contribution in [3.05, 3.63) is 86.1 Å². The summed E-state index contributed by atoms with van der Waals surface area (Å²) in [5, 5.41) is 10.8. The molecule has 27 heavy (non-hydrogen) atoms. The lowest BCUT2D eigenvalue weighted by Crippen LogP contribution is -2.32. The van der Waals surface area contributed by atoms with Crippen molar-refractivity contribution in [2.24, 2.45) is 0 Å². The van der Waals surface area contributed by atoms with Gasteiger partial charge >= 0.3 is 11.7 Å². The molecule has 3 aromatic rings. The Morgan fingerprint density at radius 3 is 2.67 bits per heavy atom. The highest BCUT2D eigenvalue weighted by Gasteiger charge is 2.36. The molecule has 1 atom stereocenters. The van der Waals surface area contributed by atoms with Gasteiger partial charge in [0.05, 0.1) is 18.4 Å². The summed E-state index contributed by atoms with van der Waals surface area (Å²) in [5.74, 6) is -0.746. The van der Waals surface area contributed by atoms with Crippen molar-refractivity contribution >= 4 is 5.97 Å². The number of hydrogen-bond acceptors (Lipinski definition) is 6. The lowest BCUT2D eigenvalue weighted by molar-refractivity contribution is 0.0449. The third kappa shape index (κ3) is 2.58. The van der Waals surface area contributed by atoms with Gasteiger partial charge in [0.15, 0.2) is 6.10 Å². The van der Waals surface area contributed by atoms with Gasteiger partial charge in [-0.3, -0.25) is 9.78 Å². The minimum atomic E-state index is -1.12. The molecule has 8 heteroatoms. The van der Waals surface area contributed by atoms with Crippen LogP contribution in [0.1, 0.15) is 27.6 Å². The van der Waals surface area contributed by atoms with Gasteiger partial charge in [0, 0.05) is 11.6 Å². The quantitative estimate of drug-likeness (QED) is 0.680. The maximum Gasteiger partial charge on any atom is 0.339 e. The Labute approximate surface area is 152 Å². The number of aromatic nitrogens is 2. The molecule has 0 spiro atoms. The smallest absolute Gasteiger partial charge is 0.339 e. The molecule has 0 saturated heterocycles. The molecule has 0 saturated carbocycles. The summed E-state index contributed by atoms with van der Waals surface area (Å²) >= 11 is 0. The van der Waals surface area contributed by atoms with Crippen LogP contribution in [0.25, 0.3) is 5.69 Å². The van der Waals surface area contributed by atoms with Crippen molar-refractivity contribution in [2.75, 3.05) is 7.11 Å². The highest BCUT2D eigenvalue weighted by Crippen LogP contribution is 2.37. The second-order valence-corrected chi connectivity index (χ2v) is 5.91. The van der Waals surface area contributed by atoms with Crippen molar-refractivity contribution < 1.29 is 19.4 Å². The minimum absolute atomic E-state index is 0.226. The minimum Gasteiger partial charge on any atom is -0.497 e. The van der Waals surface area contributed by atoms with Crippen LogP contribution in [0.2, 0.25) is 0 Å². The number of benzene rings is 2. The molecule has 1 aliphatic rings. The van der Waals surface area contributed by atoms with E-state index in [1.807, 2.05) is 0 Å². The second kappa shape index (κ2) is 6.17. The number of carbonyl (C=O) groups excluding carboxylic acids is 1.